The zero-order valence-electron chi connectivity index (χ0n) is 11.9. The van der Waals surface area contributed by atoms with E-state index in [0.717, 1.165) is 5.56 Å². The van der Waals surface area contributed by atoms with Crippen molar-refractivity contribution in [3.63, 3.8) is 0 Å². The van der Waals surface area contributed by atoms with Gasteiger partial charge in [0.25, 0.3) is 0 Å². The highest BCUT2D eigenvalue weighted by Crippen LogP contribution is 2.22. The summed E-state index contributed by atoms with van der Waals surface area (Å²) in [5, 5.41) is 0.483. The molecule has 7 heteroatoms. The van der Waals surface area contributed by atoms with Crippen molar-refractivity contribution in [1.82, 2.24) is 9.71 Å². The number of hydrogen-bond acceptors (Lipinski definition) is 4. The quantitative estimate of drug-likeness (QED) is 0.766. The average Bonchev–Trinajstić information content (AvgIpc) is 3.08. The summed E-state index contributed by atoms with van der Waals surface area (Å²) in [6, 6.07) is 13.1. The number of halogens is 1. The molecule has 0 atom stereocenters. The van der Waals surface area contributed by atoms with Gasteiger partial charge in [0, 0.05) is 17.8 Å². The molecule has 3 rings (SSSR count). The minimum absolute atomic E-state index is 0.106. The van der Waals surface area contributed by atoms with Gasteiger partial charge in [0.2, 0.25) is 10.0 Å². The van der Waals surface area contributed by atoms with Gasteiger partial charge in [0.15, 0.2) is 5.76 Å². The largest absolute Gasteiger partial charge is 0.463 e. The predicted molar refractivity (Wildman–Crippen MR) is 87.4 cm³/mol. The first kappa shape index (κ1) is 15.7. The Hall–Kier alpha value is -2.15. The van der Waals surface area contributed by atoms with Crippen molar-refractivity contribution in [3.05, 3.63) is 71.6 Å². The van der Waals surface area contributed by atoms with E-state index in [2.05, 4.69) is 9.71 Å². The number of nitrogens with zero attached hydrogens (tertiary/aromatic N) is 1. The highest BCUT2D eigenvalue weighted by molar-refractivity contribution is 7.89. The van der Waals surface area contributed by atoms with E-state index in [1.54, 1.807) is 36.7 Å². The molecule has 1 N–H and O–H groups in total. The van der Waals surface area contributed by atoms with Crippen molar-refractivity contribution in [1.29, 1.82) is 0 Å². The van der Waals surface area contributed by atoms with Crippen molar-refractivity contribution in [2.75, 3.05) is 0 Å². The Kier molecular flexibility index (Phi) is 4.47. The topological polar surface area (TPSA) is 72.2 Å². The third-order valence-electron chi connectivity index (χ3n) is 3.22. The molecule has 1 aromatic carbocycles. The van der Waals surface area contributed by atoms with Crippen LogP contribution in [-0.2, 0) is 16.6 Å². The van der Waals surface area contributed by atoms with Crippen molar-refractivity contribution < 1.29 is 12.8 Å². The third-order valence-corrected chi connectivity index (χ3v) is 4.89. The average molecular weight is 349 g/mol. The zero-order valence-corrected chi connectivity index (χ0v) is 13.5. The van der Waals surface area contributed by atoms with Crippen LogP contribution in [0.5, 0.6) is 0 Å². The number of aromatic nitrogens is 1. The van der Waals surface area contributed by atoms with Gasteiger partial charge < -0.3 is 4.42 Å². The predicted octanol–water partition coefficient (Wildman–Crippen LogP) is 3.47. The number of furan rings is 1. The summed E-state index contributed by atoms with van der Waals surface area (Å²) in [6.45, 7) is 0.106. The van der Waals surface area contributed by atoms with Crippen LogP contribution in [-0.4, -0.2) is 13.4 Å². The third kappa shape index (κ3) is 3.61. The lowest BCUT2D eigenvalue weighted by Crippen LogP contribution is -2.23. The maximum atomic E-state index is 12.3. The van der Waals surface area contributed by atoms with E-state index in [0.29, 0.717) is 16.5 Å². The van der Waals surface area contributed by atoms with Gasteiger partial charge >= 0.3 is 0 Å². The molecule has 5 nitrogen and oxygen atoms in total. The van der Waals surface area contributed by atoms with Crippen LogP contribution in [0.4, 0.5) is 0 Å². The fourth-order valence-corrected chi connectivity index (χ4v) is 3.22. The van der Waals surface area contributed by atoms with Crippen LogP contribution in [0.1, 0.15) is 5.56 Å². The van der Waals surface area contributed by atoms with Crippen LogP contribution in [0.3, 0.4) is 0 Å². The lowest BCUT2D eigenvalue weighted by molar-refractivity contribution is 0.575. The van der Waals surface area contributed by atoms with Gasteiger partial charge in [-0.1, -0.05) is 17.7 Å². The smallest absolute Gasteiger partial charge is 0.240 e. The molecule has 118 valence electrons. The van der Waals surface area contributed by atoms with Crippen molar-refractivity contribution in [2.24, 2.45) is 0 Å². The number of benzene rings is 1. The summed E-state index contributed by atoms with van der Waals surface area (Å²) in [7, 11) is -3.63. The molecule has 23 heavy (non-hydrogen) atoms. The van der Waals surface area contributed by atoms with Crippen LogP contribution in [0.15, 0.2) is 70.3 Å². The second-order valence-corrected chi connectivity index (χ2v) is 6.97. The Morgan fingerprint density at radius 3 is 2.57 bits per heavy atom. The van der Waals surface area contributed by atoms with Crippen LogP contribution >= 0.6 is 11.6 Å². The number of pyridine rings is 1. The summed E-state index contributed by atoms with van der Waals surface area (Å²) in [4.78, 5) is 4.42. The van der Waals surface area contributed by atoms with Crippen LogP contribution in [0.25, 0.3) is 11.5 Å². The molecular weight excluding hydrogens is 336 g/mol. The van der Waals surface area contributed by atoms with E-state index in [1.807, 2.05) is 0 Å². The number of rotatable bonds is 5. The Bertz CT molecular complexity index is 891. The lowest BCUT2D eigenvalue weighted by Gasteiger charge is -2.09. The number of hydrogen-bond donors (Lipinski definition) is 1. The van der Waals surface area contributed by atoms with Gasteiger partial charge in [0.05, 0.1) is 11.2 Å². The SMILES string of the molecule is O=S(=O)(NCc1cccnc1-c1ccco1)c1ccc(Cl)cc1. The number of sulfonamides is 1. The van der Waals surface area contributed by atoms with Crippen LogP contribution in [0, 0.1) is 0 Å². The van der Waals surface area contributed by atoms with Crippen molar-refractivity contribution in [3.8, 4) is 11.5 Å². The molecule has 0 fully saturated rings. The molecule has 0 saturated carbocycles. The maximum Gasteiger partial charge on any atom is 0.240 e. The number of nitrogens with one attached hydrogen (secondary N) is 1. The second-order valence-electron chi connectivity index (χ2n) is 4.77. The van der Waals surface area contributed by atoms with E-state index in [1.165, 1.54) is 24.3 Å². The first-order valence-electron chi connectivity index (χ1n) is 6.79. The lowest BCUT2D eigenvalue weighted by atomic mass is 10.1. The molecule has 3 aromatic rings. The summed E-state index contributed by atoms with van der Waals surface area (Å²) < 4.78 is 32.5. The monoisotopic (exact) mass is 348 g/mol. The van der Waals surface area contributed by atoms with Gasteiger partial charge in [-0.2, -0.15) is 0 Å². The van der Waals surface area contributed by atoms with Gasteiger partial charge in [-0.15, -0.1) is 0 Å². The second kappa shape index (κ2) is 6.54. The molecule has 0 aliphatic heterocycles. The normalized spacial score (nSPS) is 11.5. The molecule has 0 saturated heterocycles. The van der Waals surface area contributed by atoms with Gasteiger partial charge in [0.1, 0.15) is 5.69 Å². The van der Waals surface area contributed by atoms with Crippen molar-refractivity contribution in [2.45, 2.75) is 11.4 Å². The summed E-state index contributed by atoms with van der Waals surface area (Å²) in [6.07, 6.45) is 3.18. The molecule has 0 radical (unpaired) electrons. The molecule has 0 aliphatic rings. The first-order valence-corrected chi connectivity index (χ1v) is 8.65. The summed E-state index contributed by atoms with van der Waals surface area (Å²) >= 11 is 5.78. The van der Waals surface area contributed by atoms with Crippen molar-refractivity contribution >= 4 is 21.6 Å². The fraction of sp³-hybridized carbons (Fsp3) is 0.0625. The molecule has 0 spiro atoms. The van der Waals surface area contributed by atoms with E-state index in [-0.39, 0.29) is 11.4 Å². The van der Waals surface area contributed by atoms with Crippen LogP contribution in [0.2, 0.25) is 5.02 Å². The Labute approximate surface area is 139 Å². The fourth-order valence-electron chi connectivity index (χ4n) is 2.09. The molecular formula is C16H13ClN2O3S. The van der Waals surface area contributed by atoms with Gasteiger partial charge in [-0.05, 0) is 48.0 Å². The highest BCUT2D eigenvalue weighted by atomic mass is 35.5. The highest BCUT2D eigenvalue weighted by Gasteiger charge is 2.16. The molecule has 0 unspecified atom stereocenters. The standard InChI is InChI=1S/C16H13ClN2O3S/c17-13-5-7-14(8-6-13)23(20,21)19-11-12-3-1-9-18-16(12)15-4-2-10-22-15/h1-10,19H,11H2. The van der Waals surface area contributed by atoms with E-state index in [9.17, 15) is 8.42 Å². The minimum atomic E-state index is -3.63. The van der Waals surface area contributed by atoms with Gasteiger partial charge in [-0.25, -0.2) is 13.1 Å². The molecule has 2 heterocycles. The minimum Gasteiger partial charge on any atom is -0.463 e. The molecule has 0 amide bonds. The molecule has 0 aliphatic carbocycles. The van der Waals surface area contributed by atoms with E-state index in [4.69, 9.17) is 16.0 Å². The Morgan fingerprint density at radius 1 is 1.09 bits per heavy atom. The molecule has 2 aromatic heterocycles. The Balaban J connectivity index is 1.82. The maximum absolute atomic E-state index is 12.3. The summed E-state index contributed by atoms with van der Waals surface area (Å²) in [5.41, 5.74) is 1.33. The van der Waals surface area contributed by atoms with E-state index < -0.39 is 10.0 Å². The summed E-state index contributed by atoms with van der Waals surface area (Å²) in [5.74, 6) is 0.589. The van der Waals surface area contributed by atoms with Crippen LogP contribution < -0.4 is 4.72 Å². The van der Waals surface area contributed by atoms with E-state index >= 15 is 0 Å². The molecule has 0 bridgehead atoms. The zero-order chi connectivity index (χ0) is 16.3. The van der Waals surface area contributed by atoms with Gasteiger partial charge in [-0.3, -0.25) is 4.98 Å². The Morgan fingerprint density at radius 2 is 1.87 bits per heavy atom. The first-order chi connectivity index (χ1) is 11.1.